The van der Waals surface area contributed by atoms with Crippen molar-refractivity contribution in [2.24, 2.45) is 15.9 Å². The summed E-state index contributed by atoms with van der Waals surface area (Å²) in [6.45, 7) is 3.67. The van der Waals surface area contributed by atoms with Crippen LogP contribution < -0.4 is 5.73 Å². The Balaban J connectivity index is 2.85. The predicted molar refractivity (Wildman–Crippen MR) is 81.2 cm³/mol. The van der Waals surface area contributed by atoms with Crippen molar-refractivity contribution in [3.63, 3.8) is 0 Å². The van der Waals surface area contributed by atoms with Crippen LogP contribution in [0, 0.1) is 5.82 Å². The van der Waals surface area contributed by atoms with Crippen LogP contribution in [0.2, 0.25) is 13.1 Å². The van der Waals surface area contributed by atoms with Gasteiger partial charge in [0.1, 0.15) is 5.82 Å². The molecule has 0 amide bonds. The topological polar surface area (TPSA) is 50.7 Å². The van der Waals surface area contributed by atoms with E-state index in [0.717, 1.165) is 0 Å². The molecule has 3 nitrogen and oxygen atoms in total. The zero-order valence-corrected chi connectivity index (χ0v) is 13.0. The largest absolute Gasteiger partial charge is 0.377 e. The number of rotatable bonds is 3. The normalized spacial score (nSPS) is 13.8. The van der Waals surface area contributed by atoms with Crippen molar-refractivity contribution in [3.8, 4) is 0 Å². The van der Waals surface area contributed by atoms with Gasteiger partial charge in [0.05, 0.1) is 5.71 Å². The van der Waals surface area contributed by atoms with Crippen LogP contribution in [0.5, 0.6) is 0 Å². The second-order valence-corrected chi connectivity index (χ2v) is 14.6. The lowest BCUT2D eigenvalue weighted by Crippen LogP contribution is -2.19. The first kappa shape index (κ1) is 15.2. The van der Waals surface area contributed by atoms with Gasteiger partial charge in [-0.15, -0.1) is 5.10 Å². The minimum Gasteiger partial charge on any atom is -0.377 e. The Labute approximate surface area is 116 Å². The third-order valence-corrected chi connectivity index (χ3v) is 5.46. The number of hydrogen-bond acceptors (Lipinski definition) is 3. The molecule has 0 bridgehead atoms. The number of nitrogens with two attached hydrogens (primary N) is 1. The maximum Gasteiger partial charge on any atom is 0.218 e. The van der Waals surface area contributed by atoms with Crippen LogP contribution in [0.1, 0.15) is 12.5 Å². The van der Waals surface area contributed by atoms with Gasteiger partial charge in [-0.25, -0.2) is 4.39 Å². The standard InChI is InChI=1S/C11H15ClFN3SSi/c1-8(9-6-4-5-7-10(9)13)15-16-11(14)17-18(2,3)12/h4-7H,1-3H3,(H2,14,16)/b15-8+. The zero-order valence-electron chi connectivity index (χ0n) is 10.4. The maximum absolute atomic E-state index is 13.5. The molecular formula is C11H15ClFN3SSi. The van der Waals surface area contributed by atoms with Crippen molar-refractivity contribution in [1.29, 1.82) is 0 Å². The van der Waals surface area contributed by atoms with Crippen molar-refractivity contribution in [1.82, 2.24) is 0 Å². The third-order valence-electron chi connectivity index (χ3n) is 1.91. The number of nitrogens with zero attached hydrogens (tertiary/aromatic N) is 2. The van der Waals surface area contributed by atoms with E-state index in [1.54, 1.807) is 25.1 Å². The predicted octanol–water partition coefficient (Wildman–Crippen LogP) is 3.54. The van der Waals surface area contributed by atoms with Crippen LogP contribution in [-0.2, 0) is 0 Å². The lowest BCUT2D eigenvalue weighted by Gasteiger charge is -2.09. The van der Waals surface area contributed by atoms with E-state index in [1.807, 2.05) is 13.1 Å². The van der Waals surface area contributed by atoms with E-state index in [4.69, 9.17) is 16.8 Å². The van der Waals surface area contributed by atoms with Crippen molar-refractivity contribution >= 4 is 39.7 Å². The van der Waals surface area contributed by atoms with E-state index in [1.165, 1.54) is 17.3 Å². The molecule has 1 rings (SSSR count). The van der Waals surface area contributed by atoms with Gasteiger partial charge in [-0.2, -0.15) is 16.2 Å². The summed E-state index contributed by atoms with van der Waals surface area (Å²) >= 11 is 7.45. The monoisotopic (exact) mass is 303 g/mol. The fourth-order valence-electron chi connectivity index (χ4n) is 1.20. The van der Waals surface area contributed by atoms with Crippen molar-refractivity contribution in [3.05, 3.63) is 35.6 Å². The molecule has 0 spiro atoms. The highest BCUT2D eigenvalue weighted by atomic mass is 35.6. The zero-order chi connectivity index (χ0) is 13.8. The Morgan fingerprint density at radius 3 is 2.50 bits per heavy atom. The van der Waals surface area contributed by atoms with E-state index >= 15 is 0 Å². The Morgan fingerprint density at radius 1 is 1.33 bits per heavy atom. The molecule has 2 N–H and O–H groups in total. The van der Waals surface area contributed by atoms with Gasteiger partial charge in [0.2, 0.25) is 6.53 Å². The summed E-state index contributed by atoms with van der Waals surface area (Å²) in [5.41, 5.74) is 6.58. The van der Waals surface area contributed by atoms with Gasteiger partial charge in [-0.3, -0.25) is 0 Å². The van der Waals surface area contributed by atoms with Gasteiger partial charge in [0.25, 0.3) is 0 Å². The number of benzene rings is 1. The van der Waals surface area contributed by atoms with Gasteiger partial charge >= 0.3 is 0 Å². The van der Waals surface area contributed by atoms with E-state index in [2.05, 4.69) is 10.2 Å². The van der Waals surface area contributed by atoms with Crippen LogP contribution in [0.15, 0.2) is 34.5 Å². The highest BCUT2D eigenvalue weighted by Crippen LogP contribution is 2.23. The molecular weight excluding hydrogens is 289 g/mol. The molecule has 18 heavy (non-hydrogen) atoms. The fourth-order valence-corrected chi connectivity index (χ4v) is 4.11. The molecule has 1 aromatic carbocycles. The first-order valence-corrected chi connectivity index (χ1v) is 10.9. The first-order chi connectivity index (χ1) is 8.29. The molecule has 0 saturated carbocycles. The summed E-state index contributed by atoms with van der Waals surface area (Å²) in [6, 6.07) is 6.40. The van der Waals surface area contributed by atoms with E-state index in [9.17, 15) is 4.39 Å². The molecule has 1 aromatic rings. The molecule has 0 aromatic heterocycles. The molecule has 98 valence electrons. The Hall–Kier alpha value is -0.853. The highest BCUT2D eigenvalue weighted by Gasteiger charge is 2.19. The summed E-state index contributed by atoms with van der Waals surface area (Å²) in [7, 11) is 0. The maximum atomic E-state index is 13.5. The molecule has 0 saturated heterocycles. The van der Waals surface area contributed by atoms with Crippen molar-refractivity contribution in [2.45, 2.75) is 20.0 Å². The number of halogens is 2. The highest BCUT2D eigenvalue weighted by molar-refractivity contribution is 8.43. The summed E-state index contributed by atoms with van der Waals surface area (Å²) < 4.78 is 13.5. The van der Waals surface area contributed by atoms with Gasteiger partial charge < -0.3 is 5.73 Å². The molecule has 0 aliphatic heterocycles. The first-order valence-electron chi connectivity index (χ1n) is 5.30. The van der Waals surface area contributed by atoms with Crippen LogP contribution in [0.4, 0.5) is 4.39 Å². The average molecular weight is 304 g/mol. The smallest absolute Gasteiger partial charge is 0.218 e. The lowest BCUT2D eigenvalue weighted by molar-refractivity contribution is 0.625. The fraction of sp³-hybridized carbons (Fsp3) is 0.273. The minimum absolute atomic E-state index is 0.303. The van der Waals surface area contributed by atoms with Gasteiger partial charge in [-0.1, -0.05) is 29.4 Å². The summed E-state index contributed by atoms with van der Waals surface area (Å²) in [6.07, 6.45) is 0. The molecule has 0 atom stereocenters. The molecule has 0 aliphatic rings. The molecule has 7 heteroatoms. The van der Waals surface area contributed by atoms with Crippen LogP contribution in [-0.4, -0.2) is 17.4 Å². The summed E-state index contributed by atoms with van der Waals surface area (Å²) in [5, 5.41) is 8.08. The van der Waals surface area contributed by atoms with Crippen molar-refractivity contribution < 1.29 is 4.39 Å². The van der Waals surface area contributed by atoms with E-state index in [-0.39, 0.29) is 5.82 Å². The van der Waals surface area contributed by atoms with Gasteiger partial charge in [0, 0.05) is 5.56 Å². The number of amidine groups is 1. The Morgan fingerprint density at radius 2 is 1.94 bits per heavy atom. The molecule has 0 unspecified atom stereocenters. The van der Waals surface area contributed by atoms with Crippen molar-refractivity contribution in [2.75, 3.05) is 0 Å². The SMILES string of the molecule is C/C(=N\N=C(/N)S[Si](C)(C)Cl)c1ccccc1F. The van der Waals surface area contributed by atoms with Gasteiger partial charge in [0.15, 0.2) is 5.17 Å². The van der Waals surface area contributed by atoms with Crippen LogP contribution >= 0.6 is 22.3 Å². The van der Waals surface area contributed by atoms with Crippen LogP contribution in [0.3, 0.4) is 0 Å². The second kappa shape index (κ2) is 6.35. The van der Waals surface area contributed by atoms with Crippen LogP contribution in [0.25, 0.3) is 0 Å². The Kier molecular flexibility index (Phi) is 5.37. The summed E-state index contributed by atoms with van der Waals surface area (Å²) in [5.74, 6) is -0.327. The molecule has 0 heterocycles. The quantitative estimate of drug-likeness (QED) is 0.305. The minimum atomic E-state index is -1.89. The second-order valence-electron chi connectivity index (χ2n) is 4.07. The number of hydrogen-bond donors (Lipinski definition) is 1. The third kappa shape index (κ3) is 5.20. The lowest BCUT2D eigenvalue weighted by atomic mass is 10.1. The summed E-state index contributed by atoms with van der Waals surface area (Å²) in [4.78, 5) is 0. The molecule has 0 fully saturated rings. The Bertz CT molecular complexity index is 485. The molecule has 0 aliphatic carbocycles. The average Bonchev–Trinajstić information content (AvgIpc) is 2.24. The van der Waals surface area contributed by atoms with Gasteiger partial charge in [-0.05, 0) is 26.1 Å². The molecule has 0 radical (unpaired) electrons. The van der Waals surface area contributed by atoms with E-state index in [0.29, 0.717) is 16.4 Å². The van der Waals surface area contributed by atoms with E-state index < -0.39 is 6.53 Å².